The first kappa shape index (κ1) is 23.6. The Kier molecular flexibility index (Phi) is 6.65. The van der Waals surface area contributed by atoms with Gasteiger partial charge in [0.15, 0.2) is 15.5 Å². The van der Waals surface area contributed by atoms with Crippen molar-refractivity contribution < 1.29 is 17.9 Å². The molecule has 0 spiro atoms. The molecule has 0 bridgehead atoms. The number of amides is 1. The van der Waals surface area contributed by atoms with Gasteiger partial charge in [0.25, 0.3) is 5.91 Å². The lowest BCUT2D eigenvalue weighted by atomic mass is 9.90. The second-order valence-corrected chi connectivity index (χ2v) is 11.8. The second kappa shape index (κ2) is 9.85. The topological polar surface area (TPSA) is 81.5 Å². The smallest absolute Gasteiger partial charge is 0.274 e. The number of ether oxygens (including phenoxy) is 1. The highest BCUT2D eigenvalue weighted by Gasteiger charge is 2.33. The first-order valence-corrected chi connectivity index (χ1v) is 14.0. The van der Waals surface area contributed by atoms with Gasteiger partial charge in [-0.05, 0) is 67.5 Å². The van der Waals surface area contributed by atoms with Crippen LogP contribution in [0.2, 0.25) is 0 Å². The van der Waals surface area contributed by atoms with Crippen molar-refractivity contribution in [1.82, 2.24) is 14.7 Å². The lowest BCUT2D eigenvalue weighted by Crippen LogP contribution is -2.39. The van der Waals surface area contributed by atoms with Crippen LogP contribution in [-0.4, -0.2) is 60.7 Å². The van der Waals surface area contributed by atoms with Crippen LogP contribution in [0.4, 0.5) is 0 Å². The fourth-order valence-corrected chi connectivity index (χ4v) is 6.86. The Hall–Kier alpha value is -3.13. The molecule has 1 atom stereocenters. The summed E-state index contributed by atoms with van der Waals surface area (Å²) in [6.07, 6.45) is 3.47. The fraction of sp³-hybridized carbons (Fsp3) is 0.407. The molecule has 0 aliphatic carbocycles. The van der Waals surface area contributed by atoms with Crippen LogP contribution in [0.3, 0.4) is 0 Å². The maximum atomic E-state index is 13.4. The summed E-state index contributed by atoms with van der Waals surface area (Å²) in [5.41, 5.74) is 3.36. The molecule has 0 N–H and O–H groups in total. The van der Waals surface area contributed by atoms with Crippen LogP contribution in [-0.2, 0) is 16.3 Å². The van der Waals surface area contributed by atoms with Crippen LogP contribution < -0.4 is 4.74 Å². The average molecular weight is 494 g/mol. The molecule has 5 rings (SSSR count). The van der Waals surface area contributed by atoms with Crippen LogP contribution in [0.1, 0.15) is 41.4 Å². The highest BCUT2D eigenvalue weighted by molar-refractivity contribution is 7.91. The molecule has 1 aromatic heterocycles. The van der Waals surface area contributed by atoms with Crippen LogP contribution in [0.5, 0.6) is 5.75 Å². The van der Waals surface area contributed by atoms with Crippen molar-refractivity contribution in [2.75, 3.05) is 31.7 Å². The molecule has 8 heteroatoms. The van der Waals surface area contributed by atoms with Crippen LogP contribution in [0.25, 0.3) is 11.3 Å². The molecule has 3 heterocycles. The van der Waals surface area contributed by atoms with Crippen molar-refractivity contribution in [2.45, 2.75) is 31.7 Å². The Balaban J connectivity index is 1.35. The summed E-state index contributed by atoms with van der Waals surface area (Å²) in [7, 11) is -1.48. The van der Waals surface area contributed by atoms with Gasteiger partial charge in [-0.2, -0.15) is 5.10 Å². The molecule has 2 fully saturated rings. The van der Waals surface area contributed by atoms with Crippen molar-refractivity contribution in [3.05, 3.63) is 71.9 Å². The van der Waals surface area contributed by atoms with Gasteiger partial charge in [0.1, 0.15) is 5.75 Å². The van der Waals surface area contributed by atoms with Gasteiger partial charge in [-0.3, -0.25) is 9.48 Å². The highest BCUT2D eigenvalue weighted by Crippen LogP contribution is 2.32. The van der Waals surface area contributed by atoms with E-state index in [1.807, 2.05) is 41.3 Å². The summed E-state index contributed by atoms with van der Waals surface area (Å²) in [4.78, 5) is 15.3. The molecule has 2 aliphatic heterocycles. The molecule has 7 nitrogen and oxygen atoms in total. The van der Waals surface area contributed by atoms with Gasteiger partial charge in [0, 0.05) is 18.7 Å². The van der Waals surface area contributed by atoms with E-state index in [4.69, 9.17) is 4.74 Å². The van der Waals surface area contributed by atoms with E-state index in [0.29, 0.717) is 31.1 Å². The molecule has 2 aliphatic rings. The Morgan fingerprint density at radius 2 is 1.74 bits per heavy atom. The van der Waals surface area contributed by atoms with E-state index in [9.17, 15) is 13.2 Å². The number of aromatic nitrogens is 2. The second-order valence-electron chi connectivity index (χ2n) is 9.57. The number of carbonyl (C=O) groups is 1. The van der Waals surface area contributed by atoms with Crippen LogP contribution >= 0.6 is 0 Å². The van der Waals surface area contributed by atoms with Gasteiger partial charge < -0.3 is 9.64 Å². The van der Waals surface area contributed by atoms with Crippen LogP contribution in [0, 0.1) is 5.92 Å². The third-order valence-electron chi connectivity index (χ3n) is 7.16. The minimum Gasteiger partial charge on any atom is -0.497 e. The molecule has 35 heavy (non-hydrogen) atoms. The Morgan fingerprint density at radius 1 is 1.03 bits per heavy atom. The van der Waals surface area contributed by atoms with E-state index in [-0.39, 0.29) is 23.5 Å². The Bertz CT molecular complexity index is 1280. The predicted molar refractivity (Wildman–Crippen MR) is 135 cm³/mol. The first-order chi connectivity index (χ1) is 16.9. The lowest BCUT2D eigenvalue weighted by molar-refractivity contribution is 0.0683. The number of nitrogens with zero attached hydrogens (tertiary/aromatic N) is 3. The SMILES string of the molecule is COc1ccc(-c2cc(C(=O)N3CCC(Cc4ccccc4)CC3)nn2[C@H]2CCS(=O)(=O)C2)cc1. The van der Waals surface area contributed by atoms with Crippen molar-refractivity contribution in [3.63, 3.8) is 0 Å². The van der Waals surface area contributed by atoms with Gasteiger partial charge in [-0.25, -0.2) is 8.42 Å². The van der Waals surface area contributed by atoms with E-state index in [0.717, 1.165) is 36.3 Å². The molecular weight excluding hydrogens is 462 g/mol. The van der Waals surface area contributed by atoms with Gasteiger partial charge >= 0.3 is 0 Å². The number of rotatable bonds is 6. The minimum atomic E-state index is -3.09. The predicted octanol–water partition coefficient (Wildman–Crippen LogP) is 4.01. The Labute approximate surface area is 206 Å². The molecule has 3 aromatic rings. The zero-order valence-electron chi connectivity index (χ0n) is 20.0. The lowest BCUT2D eigenvalue weighted by Gasteiger charge is -2.31. The van der Waals surface area contributed by atoms with E-state index in [1.165, 1.54) is 5.56 Å². The van der Waals surface area contributed by atoms with E-state index >= 15 is 0 Å². The number of hydrogen-bond donors (Lipinski definition) is 0. The number of benzene rings is 2. The van der Waals surface area contributed by atoms with Crippen molar-refractivity contribution in [1.29, 1.82) is 0 Å². The maximum absolute atomic E-state index is 13.4. The number of methoxy groups -OCH3 is 1. The molecule has 2 aromatic carbocycles. The summed E-state index contributed by atoms with van der Waals surface area (Å²) in [6, 6.07) is 19.6. The zero-order valence-corrected chi connectivity index (χ0v) is 20.8. The van der Waals surface area contributed by atoms with Crippen molar-refractivity contribution in [3.8, 4) is 17.0 Å². The molecule has 184 valence electrons. The third-order valence-corrected chi connectivity index (χ3v) is 8.91. The van der Waals surface area contributed by atoms with E-state index in [2.05, 4.69) is 29.4 Å². The zero-order chi connectivity index (χ0) is 24.4. The molecule has 2 saturated heterocycles. The maximum Gasteiger partial charge on any atom is 0.274 e. The van der Waals surface area contributed by atoms with E-state index < -0.39 is 9.84 Å². The summed E-state index contributed by atoms with van der Waals surface area (Å²) in [5.74, 6) is 1.42. The first-order valence-electron chi connectivity index (χ1n) is 12.2. The third kappa shape index (κ3) is 5.27. The molecule has 0 unspecified atom stereocenters. The molecular formula is C27H31N3O4S. The van der Waals surface area contributed by atoms with Crippen molar-refractivity contribution in [2.24, 2.45) is 5.92 Å². The normalized spacial score (nSPS) is 20.1. The number of carbonyl (C=O) groups excluding carboxylic acids is 1. The monoisotopic (exact) mass is 493 g/mol. The summed E-state index contributed by atoms with van der Waals surface area (Å²) in [5, 5.41) is 4.67. The largest absolute Gasteiger partial charge is 0.497 e. The standard InChI is InChI=1S/C27H31N3O4S/c1-34-24-9-7-22(8-10-24)26-18-25(28-30(26)23-13-16-35(32,33)19-23)27(31)29-14-11-21(12-15-29)17-20-5-3-2-4-6-20/h2-10,18,21,23H,11-17,19H2,1H3/t23-/m0/s1. The van der Waals surface area contributed by atoms with Crippen LogP contribution in [0.15, 0.2) is 60.7 Å². The van der Waals surface area contributed by atoms with E-state index in [1.54, 1.807) is 11.8 Å². The molecule has 0 radical (unpaired) electrons. The van der Waals surface area contributed by atoms with Crippen molar-refractivity contribution >= 4 is 15.7 Å². The number of hydrogen-bond acceptors (Lipinski definition) is 5. The number of piperidine rings is 1. The number of likely N-dealkylation sites (tertiary alicyclic amines) is 1. The summed E-state index contributed by atoms with van der Waals surface area (Å²) in [6.45, 7) is 1.41. The van der Waals surface area contributed by atoms with Gasteiger partial charge in [0.2, 0.25) is 0 Å². The van der Waals surface area contributed by atoms with Gasteiger partial charge in [-0.15, -0.1) is 0 Å². The van der Waals surface area contributed by atoms with Gasteiger partial charge in [-0.1, -0.05) is 30.3 Å². The summed E-state index contributed by atoms with van der Waals surface area (Å²) < 4.78 is 31.3. The molecule has 1 amide bonds. The minimum absolute atomic E-state index is 0.0519. The summed E-state index contributed by atoms with van der Waals surface area (Å²) >= 11 is 0. The quantitative estimate of drug-likeness (QED) is 0.518. The molecule has 0 saturated carbocycles. The highest BCUT2D eigenvalue weighted by atomic mass is 32.2. The fourth-order valence-electron chi connectivity index (χ4n) is 5.17. The Morgan fingerprint density at radius 3 is 2.37 bits per heavy atom. The number of sulfone groups is 1. The average Bonchev–Trinajstić information content (AvgIpc) is 3.48. The van der Waals surface area contributed by atoms with Gasteiger partial charge in [0.05, 0.1) is 30.4 Å².